The highest BCUT2D eigenvalue weighted by Crippen LogP contribution is 2.38. The van der Waals surface area contributed by atoms with Crippen LogP contribution in [0.25, 0.3) is 0 Å². The largest absolute Gasteiger partial charge is 0.348 e. The fraction of sp³-hybridized carbons (Fsp3) is 0.900. The van der Waals surface area contributed by atoms with Crippen LogP contribution in [0.4, 0.5) is 4.39 Å². The fourth-order valence-electron chi connectivity index (χ4n) is 2.44. The molecule has 0 spiro atoms. The Morgan fingerprint density at radius 1 is 1.25 bits per heavy atom. The average molecular weight is 171 g/mol. The molecule has 2 unspecified atom stereocenters. The van der Waals surface area contributed by atoms with Crippen molar-refractivity contribution < 1.29 is 9.13 Å². The molecule has 0 bridgehead atoms. The van der Waals surface area contributed by atoms with E-state index in [4.69, 9.17) is 4.74 Å². The van der Waals surface area contributed by atoms with Crippen LogP contribution < -0.4 is 0 Å². The Labute approximate surface area is 73.3 Å². The molecule has 0 N–H and O–H groups in total. The molecule has 1 aliphatic carbocycles. The minimum Gasteiger partial charge on any atom is -0.348 e. The Morgan fingerprint density at radius 3 is 2.67 bits per heavy atom. The molecule has 1 nitrogen and oxygen atoms in total. The number of halogens is 1. The van der Waals surface area contributed by atoms with Gasteiger partial charge in [-0.05, 0) is 31.6 Å². The normalized spacial score (nSPS) is 38.8. The molecule has 2 rings (SSSR count). The number of alkyl halides is 1. The summed E-state index contributed by atoms with van der Waals surface area (Å²) in [7, 11) is 0. The SMILES string of the molecule is FC1OC[CH]CC1C1CCCC1. The van der Waals surface area contributed by atoms with E-state index in [9.17, 15) is 4.39 Å². The van der Waals surface area contributed by atoms with E-state index in [-0.39, 0.29) is 5.92 Å². The number of hydrogen-bond acceptors (Lipinski definition) is 1. The first-order chi connectivity index (χ1) is 5.88. The van der Waals surface area contributed by atoms with Crippen molar-refractivity contribution >= 4 is 0 Å². The predicted molar refractivity (Wildman–Crippen MR) is 45.2 cm³/mol. The zero-order chi connectivity index (χ0) is 8.39. The van der Waals surface area contributed by atoms with Crippen LogP contribution in [0, 0.1) is 18.3 Å². The summed E-state index contributed by atoms with van der Waals surface area (Å²) in [5, 5.41) is 0. The van der Waals surface area contributed by atoms with Gasteiger partial charge in [-0.25, -0.2) is 4.39 Å². The second-order valence-corrected chi connectivity index (χ2v) is 3.92. The third kappa shape index (κ3) is 1.63. The summed E-state index contributed by atoms with van der Waals surface area (Å²) in [5.74, 6) is 0.762. The molecule has 2 fully saturated rings. The van der Waals surface area contributed by atoms with Gasteiger partial charge in [0, 0.05) is 5.92 Å². The maximum atomic E-state index is 13.3. The highest BCUT2D eigenvalue weighted by atomic mass is 19.1. The van der Waals surface area contributed by atoms with E-state index >= 15 is 0 Å². The van der Waals surface area contributed by atoms with Crippen molar-refractivity contribution in [1.82, 2.24) is 0 Å². The van der Waals surface area contributed by atoms with Crippen molar-refractivity contribution in [1.29, 1.82) is 0 Å². The van der Waals surface area contributed by atoms with E-state index in [0.29, 0.717) is 12.5 Å². The summed E-state index contributed by atoms with van der Waals surface area (Å²) in [5.41, 5.74) is 0. The van der Waals surface area contributed by atoms with Crippen molar-refractivity contribution in [3.8, 4) is 0 Å². The average Bonchev–Trinajstić information content (AvgIpc) is 2.57. The smallest absolute Gasteiger partial charge is 0.201 e. The van der Waals surface area contributed by atoms with Gasteiger partial charge in [-0.3, -0.25) is 0 Å². The van der Waals surface area contributed by atoms with Crippen LogP contribution in [0.15, 0.2) is 0 Å². The summed E-state index contributed by atoms with van der Waals surface area (Å²) in [4.78, 5) is 0. The molecule has 1 saturated heterocycles. The van der Waals surface area contributed by atoms with Gasteiger partial charge in [0.25, 0.3) is 0 Å². The standard InChI is InChI=1S/C10H16FO/c11-10-9(6-3-7-12-10)8-4-1-2-5-8/h3,8-10H,1-2,4-7H2. The van der Waals surface area contributed by atoms with E-state index in [0.717, 1.165) is 6.42 Å². The van der Waals surface area contributed by atoms with E-state index in [1.165, 1.54) is 25.7 Å². The Hall–Kier alpha value is -0.110. The molecule has 2 aliphatic rings. The molecular weight excluding hydrogens is 155 g/mol. The second kappa shape index (κ2) is 3.73. The van der Waals surface area contributed by atoms with Crippen molar-refractivity contribution in [2.45, 2.75) is 38.5 Å². The zero-order valence-corrected chi connectivity index (χ0v) is 7.34. The second-order valence-electron chi connectivity index (χ2n) is 3.92. The Kier molecular flexibility index (Phi) is 2.64. The van der Waals surface area contributed by atoms with Crippen LogP contribution in [-0.2, 0) is 4.74 Å². The van der Waals surface area contributed by atoms with Crippen LogP contribution in [0.2, 0.25) is 0 Å². The maximum Gasteiger partial charge on any atom is 0.201 e. The number of hydrogen-bond donors (Lipinski definition) is 0. The monoisotopic (exact) mass is 171 g/mol. The minimum atomic E-state index is -0.988. The lowest BCUT2D eigenvalue weighted by Gasteiger charge is -2.30. The molecule has 69 valence electrons. The molecule has 0 aromatic carbocycles. The molecule has 12 heavy (non-hydrogen) atoms. The number of rotatable bonds is 1. The molecule has 1 saturated carbocycles. The van der Waals surface area contributed by atoms with Gasteiger partial charge in [0.2, 0.25) is 6.36 Å². The van der Waals surface area contributed by atoms with Crippen molar-refractivity contribution in [3.05, 3.63) is 6.42 Å². The molecule has 1 radical (unpaired) electrons. The molecule has 0 amide bonds. The Bertz CT molecular complexity index is 143. The summed E-state index contributed by atoms with van der Waals surface area (Å²) < 4.78 is 18.2. The van der Waals surface area contributed by atoms with E-state index < -0.39 is 6.36 Å². The minimum absolute atomic E-state index is 0.168. The highest BCUT2D eigenvalue weighted by molar-refractivity contribution is 4.85. The Morgan fingerprint density at radius 2 is 2.00 bits per heavy atom. The van der Waals surface area contributed by atoms with E-state index in [2.05, 4.69) is 6.42 Å². The first kappa shape index (κ1) is 8.49. The quantitative estimate of drug-likeness (QED) is 0.589. The van der Waals surface area contributed by atoms with Crippen LogP contribution in [0.1, 0.15) is 32.1 Å². The summed E-state index contributed by atoms with van der Waals surface area (Å²) in [6.07, 6.45) is 7.00. The zero-order valence-electron chi connectivity index (χ0n) is 7.34. The molecular formula is C10H16FO. The highest BCUT2D eigenvalue weighted by Gasteiger charge is 2.34. The van der Waals surface area contributed by atoms with E-state index in [1.807, 2.05) is 0 Å². The fourth-order valence-corrected chi connectivity index (χ4v) is 2.44. The van der Waals surface area contributed by atoms with Crippen LogP contribution in [0.3, 0.4) is 0 Å². The maximum absolute atomic E-state index is 13.3. The predicted octanol–water partition coefficient (Wildman–Crippen LogP) is 2.71. The van der Waals surface area contributed by atoms with Crippen molar-refractivity contribution in [2.75, 3.05) is 6.61 Å². The summed E-state index contributed by atoms with van der Waals surface area (Å²) in [6.45, 7) is 0.504. The molecule has 2 atom stereocenters. The summed E-state index contributed by atoms with van der Waals surface area (Å²) >= 11 is 0. The lowest BCUT2D eigenvalue weighted by molar-refractivity contribution is -0.105. The first-order valence-corrected chi connectivity index (χ1v) is 4.95. The first-order valence-electron chi connectivity index (χ1n) is 4.95. The number of ether oxygens (including phenoxy) is 1. The van der Waals surface area contributed by atoms with Crippen LogP contribution in [0.5, 0.6) is 0 Å². The molecule has 0 aromatic heterocycles. The van der Waals surface area contributed by atoms with Gasteiger partial charge in [0.05, 0.1) is 6.61 Å². The third-order valence-corrected chi connectivity index (χ3v) is 3.15. The molecule has 0 aromatic rings. The van der Waals surface area contributed by atoms with Crippen LogP contribution >= 0.6 is 0 Å². The molecule has 2 heteroatoms. The topological polar surface area (TPSA) is 9.23 Å². The Balaban J connectivity index is 1.91. The van der Waals surface area contributed by atoms with Crippen molar-refractivity contribution in [3.63, 3.8) is 0 Å². The van der Waals surface area contributed by atoms with Gasteiger partial charge in [-0.15, -0.1) is 0 Å². The van der Waals surface area contributed by atoms with Crippen molar-refractivity contribution in [2.24, 2.45) is 11.8 Å². The van der Waals surface area contributed by atoms with Gasteiger partial charge in [0.1, 0.15) is 0 Å². The third-order valence-electron chi connectivity index (χ3n) is 3.15. The summed E-state index contributed by atoms with van der Waals surface area (Å²) in [6, 6.07) is 0. The molecule has 1 heterocycles. The van der Waals surface area contributed by atoms with Gasteiger partial charge in [-0.1, -0.05) is 12.8 Å². The van der Waals surface area contributed by atoms with Gasteiger partial charge in [-0.2, -0.15) is 0 Å². The van der Waals surface area contributed by atoms with Gasteiger partial charge >= 0.3 is 0 Å². The van der Waals surface area contributed by atoms with E-state index in [1.54, 1.807) is 0 Å². The van der Waals surface area contributed by atoms with Gasteiger partial charge < -0.3 is 4.74 Å². The van der Waals surface area contributed by atoms with Crippen LogP contribution in [-0.4, -0.2) is 13.0 Å². The van der Waals surface area contributed by atoms with Gasteiger partial charge in [0.15, 0.2) is 0 Å². The molecule has 1 aliphatic heterocycles. The lowest BCUT2D eigenvalue weighted by Crippen LogP contribution is -2.30. The lowest BCUT2D eigenvalue weighted by atomic mass is 9.86.